The Hall–Kier alpha value is -2.44. The second kappa shape index (κ2) is 6.98. The fourth-order valence-corrected chi connectivity index (χ4v) is 2.49. The van der Waals surface area contributed by atoms with Crippen LogP contribution in [0.2, 0.25) is 10.0 Å². The maximum absolute atomic E-state index is 12.8. The van der Waals surface area contributed by atoms with Gasteiger partial charge in [0.2, 0.25) is 5.91 Å². The van der Waals surface area contributed by atoms with Crippen molar-refractivity contribution in [1.29, 1.82) is 0 Å². The number of nitrogens with one attached hydrogen (secondary N) is 1. The molecule has 1 N–H and O–H groups in total. The first-order chi connectivity index (χ1) is 11.5. The molecular formula is C16H10Cl2FN3O2. The Bertz CT molecular complexity index is 881. The Balaban J connectivity index is 1.69. The van der Waals surface area contributed by atoms with Crippen LogP contribution in [-0.4, -0.2) is 16.1 Å². The van der Waals surface area contributed by atoms with Crippen LogP contribution in [0.25, 0.3) is 11.5 Å². The number of hydrogen-bond donors (Lipinski definition) is 1. The lowest BCUT2D eigenvalue weighted by Crippen LogP contribution is -2.14. The Morgan fingerprint density at radius 3 is 2.58 bits per heavy atom. The highest BCUT2D eigenvalue weighted by atomic mass is 35.5. The third-order valence-corrected chi connectivity index (χ3v) is 3.66. The molecule has 3 aromatic rings. The third kappa shape index (κ3) is 3.90. The molecule has 122 valence electrons. The fourth-order valence-electron chi connectivity index (χ4n) is 2.00. The van der Waals surface area contributed by atoms with Crippen molar-refractivity contribution in [2.75, 3.05) is 5.32 Å². The Morgan fingerprint density at radius 1 is 1.12 bits per heavy atom. The van der Waals surface area contributed by atoms with Crippen LogP contribution < -0.4 is 5.32 Å². The minimum atomic E-state index is -0.362. The quantitative estimate of drug-likeness (QED) is 0.745. The molecule has 24 heavy (non-hydrogen) atoms. The molecule has 1 aromatic heterocycles. The average Bonchev–Trinajstić information content (AvgIpc) is 2.97. The summed E-state index contributed by atoms with van der Waals surface area (Å²) < 4.78 is 18.2. The SMILES string of the molecule is O=C(Cc1ccc(F)cc1)Nc1nnc(-c2ccc(Cl)cc2Cl)o1. The number of hydrogen-bond acceptors (Lipinski definition) is 4. The standard InChI is InChI=1S/C16H10Cl2FN3O2/c17-10-3-6-12(13(18)8-10)15-21-22-16(24-15)20-14(23)7-9-1-4-11(19)5-2-9/h1-6,8H,7H2,(H,20,22,23). The first kappa shape index (κ1) is 16.4. The van der Waals surface area contributed by atoms with Gasteiger partial charge in [-0.3, -0.25) is 10.1 Å². The van der Waals surface area contributed by atoms with E-state index < -0.39 is 0 Å². The van der Waals surface area contributed by atoms with Gasteiger partial charge < -0.3 is 4.42 Å². The molecule has 1 heterocycles. The molecule has 0 spiro atoms. The summed E-state index contributed by atoms with van der Waals surface area (Å²) in [6, 6.07) is 10.4. The maximum atomic E-state index is 12.8. The van der Waals surface area contributed by atoms with Crippen LogP contribution in [-0.2, 0) is 11.2 Å². The van der Waals surface area contributed by atoms with Crippen molar-refractivity contribution in [1.82, 2.24) is 10.2 Å². The van der Waals surface area contributed by atoms with E-state index in [1.165, 1.54) is 24.3 Å². The van der Waals surface area contributed by atoms with Gasteiger partial charge in [-0.05, 0) is 35.9 Å². The van der Waals surface area contributed by atoms with Crippen LogP contribution in [0.15, 0.2) is 46.9 Å². The zero-order chi connectivity index (χ0) is 17.1. The third-order valence-electron chi connectivity index (χ3n) is 3.11. The van der Waals surface area contributed by atoms with E-state index in [9.17, 15) is 9.18 Å². The molecule has 0 saturated heterocycles. The van der Waals surface area contributed by atoms with E-state index in [1.54, 1.807) is 18.2 Å². The van der Waals surface area contributed by atoms with E-state index in [2.05, 4.69) is 15.5 Å². The Labute approximate surface area is 146 Å². The van der Waals surface area contributed by atoms with Gasteiger partial charge in [0.15, 0.2) is 0 Å². The lowest BCUT2D eigenvalue weighted by Gasteiger charge is -2.01. The maximum Gasteiger partial charge on any atom is 0.322 e. The van der Waals surface area contributed by atoms with E-state index in [0.717, 1.165) is 0 Å². The molecular weight excluding hydrogens is 356 g/mol. The first-order valence-electron chi connectivity index (χ1n) is 6.84. The lowest BCUT2D eigenvalue weighted by molar-refractivity contribution is -0.115. The minimum Gasteiger partial charge on any atom is -0.403 e. The van der Waals surface area contributed by atoms with Crippen molar-refractivity contribution in [3.8, 4) is 11.5 Å². The van der Waals surface area contributed by atoms with E-state index in [4.69, 9.17) is 27.6 Å². The number of nitrogens with zero attached hydrogens (tertiary/aromatic N) is 2. The molecule has 0 unspecified atom stereocenters. The summed E-state index contributed by atoms with van der Waals surface area (Å²) in [6.45, 7) is 0. The minimum absolute atomic E-state index is 0.0527. The molecule has 0 atom stereocenters. The van der Waals surface area contributed by atoms with E-state index in [0.29, 0.717) is 21.2 Å². The molecule has 0 aliphatic heterocycles. The number of anilines is 1. The fraction of sp³-hybridized carbons (Fsp3) is 0.0625. The van der Waals surface area contributed by atoms with Gasteiger partial charge in [-0.1, -0.05) is 40.4 Å². The van der Waals surface area contributed by atoms with Crippen molar-refractivity contribution in [2.45, 2.75) is 6.42 Å². The van der Waals surface area contributed by atoms with Gasteiger partial charge in [-0.2, -0.15) is 0 Å². The molecule has 8 heteroatoms. The molecule has 0 aliphatic rings. The Morgan fingerprint density at radius 2 is 1.88 bits per heavy atom. The number of amides is 1. The molecule has 0 aliphatic carbocycles. The highest BCUT2D eigenvalue weighted by Gasteiger charge is 2.14. The van der Waals surface area contributed by atoms with Gasteiger partial charge in [-0.25, -0.2) is 4.39 Å². The predicted octanol–water partition coefficient (Wildman–Crippen LogP) is 4.36. The molecule has 0 fully saturated rings. The van der Waals surface area contributed by atoms with Gasteiger partial charge in [0.05, 0.1) is 17.0 Å². The van der Waals surface area contributed by atoms with Crippen molar-refractivity contribution in [2.24, 2.45) is 0 Å². The molecule has 5 nitrogen and oxygen atoms in total. The summed E-state index contributed by atoms with van der Waals surface area (Å²) in [6.07, 6.45) is 0.0553. The van der Waals surface area contributed by atoms with Crippen LogP contribution in [0.1, 0.15) is 5.56 Å². The molecule has 2 aromatic carbocycles. The van der Waals surface area contributed by atoms with E-state index in [-0.39, 0.29) is 30.1 Å². The van der Waals surface area contributed by atoms with Crippen molar-refractivity contribution < 1.29 is 13.6 Å². The van der Waals surface area contributed by atoms with Gasteiger partial charge in [0.1, 0.15) is 5.82 Å². The largest absolute Gasteiger partial charge is 0.403 e. The number of aromatic nitrogens is 2. The number of carbonyl (C=O) groups excluding carboxylic acids is 1. The van der Waals surface area contributed by atoms with Gasteiger partial charge >= 0.3 is 6.01 Å². The highest BCUT2D eigenvalue weighted by Crippen LogP contribution is 2.30. The zero-order valence-corrected chi connectivity index (χ0v) is 13.6. The molecule has 0 radical (unpaired) electrons. The van der Waals surface area contributed by atoms with E-state index >= 15 is 0 Å². The monoisotopic (exact) mass is 365 g/mol. The summed E-state index contributed by atoms with van der Waals surface area (Å²) in [7, 11) is 0. The van der Waals surface area contributed by atoms with E-state index in [1.807, 2.05) is 0 Å². The summed E-state index contributed by atoms with van der Waals surface area (Å²) in [5, 5.41) is 10.9. The number of benzene rings is 2. The van der Waals surface area contributed by atoms with Crippen molar-refractivity contribution in [3.05, 3.63) is 63.9 Å². The summed E-state index contributed by atoms with van der Waals surface area (Å²) in [5.74, 6) is -0.562. The smallest absolute Gasteiger partial charge is 0.322 e. The molecule has 0 bridgehead atoms. The molecule has 1 amide bonds. The number of rotatable bonds is 4. The van der Waals surface area contributed by atoms with Crippen LogP contribution in [0.5, 0.6) is 0 Å². The lowest BCUT2D eigenvalue weighted by atomic mass is 10.1. The summed E-state index contributed by atoms with van der Waals surface area (Å²) in [4.78, 5) is 11.9. The van der Waals surface area contributed by atoms with Gasteiger partial charge in [-0.15, -0.1) is 5.10 Å². The number of halogens is 3. The zero-order valence-electron chi connectivity index (χ0n) is 12.1. The second-order valence-electron chi connectivity index (χ2n) is 4.89. The highest BCUT2D eigenvalue weighted by molar-refractivity contribution is 6.36. The van der Waals surface area contributed by atoms with Crippen molar-refractivity contribution in [3.63, 3.8) is 0 Å². The van der Waals surface area contributed by atoms with Crippen LogP contribution in [0.3, 0.4) is 0 Å². The van der Waals surface area contributed by atoms with Crippen LogP contribution in [0, 0.1) is 5.82 Å². The van der Waals surface area contributed by atoms with Crippen LogP contribution >= 0.6 is 23.2 Å². The Kier molecular flexibility index (Phi) is 4.78. The number of carbonyl (C=O) groups is 1. The molecule has 0 saturated carbocycles. The van der Waals surface area contributed by atoms with Gasteiger partial charge in [0, 0.05) is 5.02 Å². The van der Waals surface area contributed by atoms with Gasteiger partial charge in [0.25, 0.3) is 5.89 Å². The summed E-state index contributed by atoms with van der Waals surface area (Å²) in [5.41, 5.74) is 1.17. The topological polar surface area (TPSA) is 68.0 Å². The average molecular weight is 366 g/mol. The first-order valence-corrected chi connectivity index (χ1v) is 7.60. The second-order valence-corrected chi connectivity index (χ2v) is 5.73. The molecule has 3 rings (SSSR count). The summed E-state index contributed by atoms with van der Waals surface area (Å²) >= 11 is 11.9. The van der Waals surface area contributed by atoms with Crippen molar-refractivity contribution >= 4 is 35.1 Å². The predicted molar refractivity (Wildman–Crippen MR) is 88.5 cm³/mol. The van der Waals surface area contributed by atoms with Crippen LogP contribution in [0.4, 0.5) is 10.4 Å². The normalized spacial score (nSPS) is 10.6.